The average molecular weight is 338 g/mol. The van der Waals surface area contributed by atoms with Crippen molar-refractivity contribution in [3.63, 3.8) is 0 Å². The molecule has 23 heavy (non-hydrogen) atoms. The van der Waals surface area contributed by atoms with E-state index in [-0.39, 0.29) is 7.43 Å². The maximum absolute atomic E-state index is 10.6. The zero-order valence-electron chi connectivity index (χ0n) is 11.7. The Morgan fingerprint density at radius 3 is 1.35 bits per heavy atom. The third kappa shape index (κ3) is 38.1. The second kappa shape index (κ2) is 21.0. The van der Waals surface area contributed by atoms with Crippen LogP contribution in [0.1, 0.15) is 21.3 Å². The predicted octanol–water partition coefficient (Wildman–Crippen LogP) is -2.88. The zero-order valence-corrected chi connectivity index (χ0v) is 11.7. The number of hydrogen-bond acceptors (Lipinski definition) is 8. The normalized spacial score (nSPS) is 6.78. The number of carbonyl (C=O) groups excluding carboxylic acids is 4. The molecule has 14 nitrogen and oxygen atoms in total. The number of carbonyl (C=O) groups is 4. The molecule has 6 amide bonds. The molecule has 0 aromatic heterocycles. The molecule has 0 saturated heterocycles. The molecule has 0 rings (SSSR count). The van der Waals surface area contributed by atoms with Gasteiger partial charge in [-0.25, -0.2) is 32.1 Å². The van der Waals surface area contributed by atoms with E-state index in [9.17, 15) is 19.2 Å². The minimum absolute atomic E-state index is 0. The first-order valence-corrected chi connectivity index (χ1v) is 5.07. The van der Waals surface area contributed by atoms with Gasteiger partial charge in [0.25, 0.3) is 0 Å². The monoisotopic (exact) mass is 338 g/mol. The Labute approximate surface area is 132 Å². The summed E-state index contributed by atoms with van der Waals surface area (Å²) in [5.41, 5.74) is 11.5. The third-order valence-electron chi connectivity index (χ3n) is 1.02. The summed E-state index contributed by atoms with van der Waals surface area (Å²) in [5.74, 6) is 8.26. The first-order valence-electron chi connectivity index (χ1n) is 5.07. The quantitative estimate of drug-likeness (QED) is 0.0731. The first kappa shape index (κ1) is 28.0. The Bertz CT molecular complexity index is 370. The highest BCUT2D eigenvalue weighted by molar-refractivity contribution is 5.81. The van der Waals surface area contributed by atoms with Gasteiger partial charge in [0.2, 0.25) is 11.8 Å². The number of nitrogens with two attached hydrogens (primary N) is 2. The van der Waals surface area contributed by atoms with E-state index in [0.29, 0.717) is 0 Å². The molecule has 0 bridgehead atoms. The van der Waals surface area contributed by atoms with Crippen molar-refractivity contribution in [1.29, 1.82) is 0 Å². The fourth-order valence-corrected chi connectivity index (χ4v) is 0.362. The molecule has 0 aromatic carbocycles. The van der Waals surface area contributed by atoms with Crippen LogP contribution in [0.4, 0.5) is 9.59 Å². The molecule has 0 unspecified atom stereocenters. The number of hydrogen-bond donors (Lipinski definition) is 9. The van der Waals surface area contributed by atoms with E-state index >= 15 is 0 Å². The molecule has 0 spiro atoms. The smallest absolute Gasteiger partial charge is 0.285 e. The summed E-state index contributed by atoms with van der Waals surface area (Å²) in [4.78, 5) is 43.9. The van der Waals surface area contributed by atoms with Gasteiger partial charge in [-0.2, -0.15) is 5.26 Å². The van der Waals surface area contributed by atoms with E-state index in [1.54, 1.807) is 10.9 Å². The van der Waals surface area contributed by atoms with Crippen molar-refractivity contribution in [3.05, 3.63) is 0 Å². The van der Waals surface area contributed by atoms with Crippen molar-refractivity contribution in [2.45, 2.75) is 21.3 Å². The summed E-state index contributed by atoms with van der Waals surface area (Å²) in [6.45, 7) is 2.47. The predicted molar refractivity (Wildman–Crippen MR) is 78.6 cm³/mol. The lowest BCUT2D eigenvalue weighted by atomic mass is 10.7. The summed E-state index contributed by atoms with van der Waals surface area (Å²) in [7, 11) is 0. The number of hydrazine groups is 4. The molecule has 11 N–H and O–H groups in total. The lowest BCUT2D eigenvalue weighted by molar-refractivity contribution is -0.171. The van der Waals surface area contributed by atoms with Gasteiger partial charge in [0.1, 0.15) is 0 Å². The van der Waals surface area contributed by atoms with E-state index in [4.69, 9.17) is 5.26 Å². The molecular weight excluding hydrogens is 316 g/mol. The number of urea groups is 2. The van der Waals surface area contributed by atoms with Gasteiger partial charge in [-0.15, -0.1) is 0 Å². The molecule has 0 aliphatic rings. The van der Waals surface area contributed by atoms with Gasteiger partial charge in [0.05, 0.1) is 0 Å². The third-order valence-corrected chi connectivity index (χ3v) is 1.02. The van der Waals surface area contributed by atoms with E-state index in [0.717, 1.165) is 0 Å². The minimum atomic E-state index is -0.722. The number of nitrogens with one attached hydrogen (secondary N) is 6. The van der Waals surface area contributed by atoms with Crippen LogP contribution in [0.25, 0.3) is 0 Å². The van der Waals surface area contributed by atoms with Crippen molar-refractivity contribution >= 4 is 23.9 Å². The van der Waals surface area contributed by atoms with Crippen LogP contribution in [0.3, 0.4) is 0 Å². The average Bonchev–Trinajstić information content (AvgIpc) is 2.50. The van der Waals surface area contributed by atoms with Gasteiger partial charge in [-0.3, -0.25) is 36.2 Å². The summed E-state index contributed by atoms with van der Waals surface area (Å²) < 4.78 is 0. The Morgan fingerprint density at radius 1 is 0.913 bits per heavy atom. The molecule has 0 aliphatic carbocycles. The minimum Gasteiger partial charge on any atom is -0.285 e. The van der Waals surface area contributed by atoms with Crippen molar-refractivity contribution in [1.82, 2.24) is 32.6 Å². The lowest BCUT2D eigenvalue weighted by Crippen LogP contribution is -2.51. The Hall–Kier alpha value is -3.28. The molecule has 0 fully saturated rings. The highest BCUT2D eigenvalue weighted by Gasteiger charge is 1.98. The van der Waals surface area contributed by atoms with Crippen molar-refractivity contribution in [2.24, 2.45) is 11.7 Å². The summed E-state index contributed by atoms with van der Waals surface area (Å²) >= 11 is 0. The van der Waals surface area contributed by atoms with Crippen molar-refractivity contribution < 1.29 is 29.3 Å². The Kier molecular flexibility index (Phi) is 25.6. The van der Waals surface area contributed by atoms with Crippen LogP contribution < -0.4 is 44.2 Å². The lowest BCUT2D eigenvalue weighted by Gasteiger charge is -2.06. The maximum atomic E-state index is 10.6. The highest BCUT2D eigenvalue weighted by atomic mass is 17.1. The molecule has 0 aliphatic heterocycles. The van der Waals surface area contributed by atoms with Crippen LogP contribution in [0, 0.1) is 12.5 Å². The standard InChI is InChI=1S/C5H10N4O3.C2H2O2.CH6N4O.CH4/c1-3(10)6-8-5(12)9-7-4(2)11;1-2-4-3;2-4-1(6)5-3;/h1-2H3,(H,6,10)(H,7,11)(H2,8,9,12);1,3H;2-3H2,(H2,4,5,6);1H4. The highest BCUT2D eigenvalue weighted by Crippen LogP contribution is 1.59. The van der Waals surface area contributed by atoms with Crippen LogP contribution in [-0.2, 0) is 14.5 Å². The molecule has 134 valence electrons. The van der Waals surface area contributed by atoms with Gasteiger partial charge in [-0.05, 0) is 0 Å². The van der Waals surface area contributed by atoms with E-state index < -0.39 is 23.9 Å². The van der Waals surface area contributed by atoms with Crippen LogP contribution in [0.15, 0.2) is 0 Å². The summed E-state index contributed by atoms with van der Waals surface area (Å²) in [6, 6.07) is -1.32. The van der Waals surface area contributed by atoms with Gasteiger partial charge in [-0.1, -0.05) is 13.9 Å². The maximum Gasteiger partial charge on any atom is 0.352 e. The summed E-state index contributed by atoms with van der Waals surface area (Å²) in [5, 5.41) is 7.14. The number of amides is 6. The molecule has 0 heterocycles. The van der Waals surface area contributed by atoms with Crippen LogP contribution in [0.5, 0.6) is 0 Å². The van der Waals surface area contributed by atoms with E-state index in [1.807, 2.05) is 21.7 Å². The zero-order chi connectivity index (χ0) is 18.0. The topological polar surface area (TPSA) is 222 Å². The Balaban J connectivity index is -0.000000138. The Morgan fingerprint density at radius 2 is 1.22 bits per heavy atom. The second-order valence-electron chi connectivity index (χ2n) is 2.77. The van der Waals surface area contributed by atoms with Gasteiger partial charge in [0.15, 0.2) is 6.11 Å². The number of terminal acetylenes is 1. The molecular formula is C9H22N8O6. The fourth-order valence-electron chi connectivity index (χ4n) is 0.362. The van der Waals surface area contributed by atoms with E-state index in [2.05, 4.69) is 23.0 Å². The molecule has 14 heteroatoms. The van der Waals surface area contributed by atoms with Gasteiger partial charge >= 0.3 is 12.1 Å². The van der Waals surface area contributed by atoms with Gasteiger partial charge < -0.3 is 0 Å². The SMILES string of the molecule is C.C#COO.CC(=O)NNC(=O)NNC(C)=O.NNC(=O)NN. The van der Waals surface area contributed by atoms with Gasteiger partial charge in [0, 0.05) is 13.8 Å². The molecule has 0 radical (unpaired) electrons. The molecule has 0 saturated carbocycles. The van der Waals surface area contributed by atoms with Crippen LogP contribution >= 0.6 is 0 Å². The van der Waals surface area contributed by atoms with Crippen molar-refractivity contribution in [3.8, 4) is 12.5 Å². The van der Waals surface area contributed by atoms with Crippen molar-refractivity contribution in [2.75, 3.05) is 0 Å². The number of rotatable bonds is 0. The summed E-state index contributed by atoms with van der Waals surface area (Å²) in [6.07, 6.45) is 5.79. The first-order chi connectivity index (χ1) is 10.2. The fraction of sp³-hybridized carbons (Fsp3) is 0.333. The van der Waals surface area contributed by atoms with E-state index in [1.165, 1.54) is 20.0 Å². The molecule has 0 aromatic rings. The largest absolute Gasteiger partial charge is 0.352 e. The molecule has 0 atom stereocenters. The van der Waals surface area contributed by atoms with Crippen LogP contribution in [0.2, 0.25) is 0 Å². The van der Waals surface area contributed by atoms with Crippen LogP contribution in [-0.4, -0.2) is 29.1 Å². The second-order valence-corrected chi connectivity index (χ2v) is 2.77.